The lowest BCUT2D eigenvalue weighted by molar-refractivity contribution is -0.133. The Balaban J connectivity index is 2.55. The van der Waals surface area contributed by atoms with Gasteiger partial charge in [-0.3, -0.25) is 0 Å². The average molecular weight is 294 g/mol. The molecule has 0 aliphatic carbocycles. The summed E-state index contributed by atoms with van der Waals surface area (Å²) in [4.78, 5) is 11.6. The van der Waals surface area contributed by atoms with Crippen molar-refractivity contribution < 1.29 is 14.7 Å². The third-order valence-corrected chi connectivity index (χ3v) is 2.89. The highest BCUT2D eigenvalue weighted by molar-refractivity contribution is 6.36. The molecule has 1 heterocycles. The zero-order valence-electron chi connectivity index (χ0n) is 10.9. The van der Waals surface area contributed by atoms with Crippen LogP contribution >= 0.6 is 11.6 Å². The van der Waals surface area contributed by atoms with Crippen molar-refractivity contribution >= 4 is 23.4 Å². The van der Waals surface area contributed by atoms with Gasteiger partial charge in [0, 0.05) is 10.6 Å². The summed E-state index contributed by atoms with van der Waals surface area (Å²) in [5.41, 5.74) is 2.04. The fraction of sp³-hybridized carbons (Fsp3) is 0.154. The molecule has 1 N–H and O–H groups in total. The van der Waals surface area contributed by atoms with E-state index in [0.717, 1.165) is 5.56 Å². The summed E-state index contributed by atoms with van der Waals surface area (Å²) in [6.07, 6.45) is 0. The van der Waals surface area contributed by atoms with Gasteiger partial charge in [0.1, 0.15) is 0 Å². The fourth-order valence-corrected chi connectivity index (χ4v) is 1.87. The molecule has 0 amide bonds. The maximum atomic E-state index is 11.6. The molecule has 0 saturated heterocycles. The largest absolute Gasteiger partial charge is 0.463 e. The van der Waals surface area contributed by atoms with Crippen LogP contribution in [0.1, 0.15) is 5.69 Å². The predicted molar refractivity (Wildman–Crippen MR) is 74.0 cm³/mol. The molecule has 0 unspecified atom stereocenters. The number of hydrogen-bond donors (Lipinski definition) is 1. The minimum Gasteiger partial charge on any atom is -0.463 e. The lowest BCUT2D eigenvalue weighted by atomic mass is 10.1. The number of aryl methyl sites for hydroxylation is 1. The molecule has 0 atom stereocenters. The average Bonchev–Trinajstić information content (AvgIpc) is 2.82. The number of oxime groups is 1. The van der Waals surface area contributed by atoms with Gasteiger partial charge in [0.15, 0.2) is 0 Å². The van der Waals surface area contributed by atoms with Crippen molar-refractivity contribution in [3.63, 3.8) is 0 Å². The van der Waals surface area contributed by atoms with Crippen molar-refractivity contribution in [3.05, 3.63) is 41.0 Å². The van der Waals surface area contributed by atoms with Gasteiger partial charge in [-0.05, 0) is 25.1 Å². The van der Waals surface area contributed by atoms with Crippen molar-refractivity contribution in [2.75, 3.05) is 7.11 Å². The molecule has 0 bridgehead atoms. The summed E-state index contributed by atoms with van der Waals surface area (Å²) in [6, 6.07) is 8.76. The quantitative estimate of drug-likeness (QED) is 0.288. The number of aromatic nitrogens is 2. The summed E-state index contributed by atoms with van der Waals surface area (Å²) >= 11 is 5.85. The van der Waals surface area contributed by atoms with E-state index < -0.39 is 5.97 Å². The van der Waals surface area contributed by atoms with E-state index >= 15 is 0 Å². The topological polar surface area (TPSA) is 76.7 Å². The van der Waals surface area contributed by atoms with Crippen LogP contribution in [0.5, 0.6) is 0 Å². The fourth-order valence-electron chi connectivity index (χ4n) is 1.75. The SMILES string of the molecule is COC(=O)C(=NO)n1nc(C)cc1-c1ccc(Cl)cc1. The lowest BCUT2D eigenvalue weighted by Crippen LogP contribution is -2.26. The molecule has 20 heavy (non-hydrogen) atoms. The first kappa shape index (κ1) is 14.1. The first-order valence-corrected chi connectivity index (χ1v) is 6.08. The Morgan fingerprint density at radius 3 is 2.60 bits per heavy atom. The molecular weight excluding hydrogens is 282 g/mol. The minimum absolute atomic E-state index is 0.314. The van der Waals surface area contributed by atoms with Crippen LogP contribution in [0.25, 0.3) is 11.3 Å². The number of ether oxygens (including phenoxy) is 1. The predicted octanol–water partition coefficient (Wildman–Crippen LogP) is 2.32. The molecule has 0 saturated carbocycles. The molecule has 0 fully saturated rings. The van der Waals surface area contributed by atoms with Crippen LogP contribution in [-0.2, 0) is 9.53 Å². The lowest BCUT2D eigenvalue weighted by Gasteiger charge is -2.07. The maximum absolute atomic E-state index is 11.6. The molecule has 1 aromatic carbocycles. The van der Waals surface area contributed by atoms with Crippen LogP contribution in [0.3, 0.4) is 0 Å². The number of carbonyl (C=O) groups excluding carboxylic acids is 1. The number of nitrogens with zero attached hydrogens (tertiary/aromatic N) is 3. The van der Waals surface area contributed by atoms with E-state index in [1.807, 2.05) is 0 Å². The van der Waals surface area contributed by atoms with Gasteiger partial charge in [0.2, 0.25) is 0 Å². The number of halogens is 1. The number of carbonyl (C=O) groups is 1. The van der Waals surface area contributed by atoms with E-state index in [0.29, 0.717) is 16.4 Å². The highest BCUT2D eigenvalue weighted by Gasteiger charge is 2.20. The maximum Gasteiger partial charge on any atom is 0.379 e. The third-order valence-electron chi connectivity index (χ3n) is 2.63. The van der Waals surface area contributed by atoms with Crippen molar-refractivity contribution in [1.29, 1.82) is 0 Å². The van der Waals surface area contributed by atoms with Crippen LogP contribution in [0.15, 0.2) is 35.5 Å². The molecule has 0 aliphatic rings. The molecule has 2 aromatic rings. The van der Waals surface area contributed by atoms with E-state index in [4.69, 9.17) is 16.8 Å². The Labute approximate surface area is 120 Å². The molecule has 0 spiro atoms. The summed E-state index contributed by atoms with van der Waals surface area (Å²) in [6.45, 7) is 1.77. The summed E-state index contributed by atoms with van der Waals surface area (Å²) in [5, 5.41) is 16.7. The van der Waals surface area contributed by atoms with Gasteiger partial charge >= 0.3 is 5.97 Å². The van der Waals surface area contributed by atoms with Gasteiger partial charge in [0.05, 0.1) is 18.5 Å². The Bertz CT molecular complexity index is 662. The highest BCUT2D eigenvalue weighted by Crippen LogP contribution is 2.22. The Kier molecular flexibility index (Phi) is 4.05. The Morgan fingerprint density at radius 2 is 2.05 bits per heavy atom. The van der Waals surface area contributed by atoms with E-state index in [-0.39, 0.29) is 5.84 Å². The summed E-state index contributed by atoms with van der Waals surface area (Å²) < 4.78 is 5.79. The summed E-state index contributed by atoms with van der Waals surface area (Å²) in [5.74, 6) is -1.10. The zero-order valence-corrected chi connectivity index (χ0v) is 11.6. The third kappa shape index (κ3) is 2.65. The zero-order chi connectivity index (χ0) is 14.7. The second kappa shape index (κ2) is 5.75. The first-order valence-electron chi connectivity index (χ1n) is 5.70. The van der Waals surface area contributed by atoms with Gasteiger partial charge in [-0.2, -0.15) is 5.10 Å². The Hall–Kier alpha value is -2.34. The van der Waals surface area contributed by atoms with Crippen molar-refractivity contribution in [2.45, 2.75) is 6.92 Å². The number of rotatable bonds is 1. The molecule has 7 heteroatoms. The smallest absolute Gasteiger partial charge is 0.379 e. The molecule has 1 aromatic heterocycles. The van der Waals surface area contributed by atoms with Gasteiger partial charge < -0.3 is 9.94 Å². The van der Waals surface area contributed by atoms with Gasteiger partial charge in [-0.1, -0.05) is 28.9 Å². The molecule has 0 aliphatic heterocycles. The molecule has 104 valence electrons. The molecule has 0 radical (unpaired) electrons. The number of esters is 1. The van der Waals surface area contributed by atoms with Crippen LogP contribution in [0.2, 0.25) is 5.02 Å². The Morgan fingerprint density at radius 1 is 1.40 bits per heavy atom. The van der Waals surface area contributed by atoms with Gasteiger partial charge in [-0.25, -0.2) is 9.48 Å². The van der Waals surface area contributed by atoms with E-state index in [9.17, 15) is 4.79 Å². The number of methoxy groups -OCH3 is 1. The van der Waals surface area contributed by atoms with Crippen LogP contribution < -0.4 is 0 Å². The normalized spacial score (nSPS) is 11.4. The van der Waals surface area contributed by atoms with Crippen molar-refractivity contribution in [1.82, 2.24) is 9.78 Å². The van der Waals surface area contributed by atoms with Crippen LogP contribution in [0, 0.1) is 6.92 Å². The van der Waals surface area contributed by atoms with Crippen molar-refractivity contribution in [2.24, 2.45) is 5.16 Å². The van der Waals surface area contributed by atoms with E-state index in [1.54, 1.807) is 37.3 Å². The molecule has 6 nitrogen and oxygen atoms in total. The van der Waals surface area contributed by atoms with Crippen molar-refractivity contribution in [3.8, 4) is 11.3 Å². The second-order valence-corrected chi connectivity index (χ2v) is 4.44. The monoisotopic (exact) mass is 293 g/mol. The standard InChI is InChI=1S/C13H12ClN3O3/c1-8-7-11(9-3-5-10(14)6-4-9)17(15-8)12(16-19)13(18)20-2/h3-7,19H,1-2H3. The molecule has 2 rings (SSSR count). The van der Waals surface area contributed by atoms with E-state index in [1.165, 1.54) is 11.8 Å². The number of benzene rings is 1. The number of hydrogen-bond acceptors (Lipinski definition) is 5. The van der Waals surface area contributed by atoms with E-state index in [2.05, 4.69) is 15.0 Å². The van der Waals surface area contributed by atoms with Crippen LogP contribution in [-0.4, -0.2) is 33.9 Å². The van der Waals surface area contributed by atoms with Gasteiger partial charge in [0.25, 0.3) is 5.84 Å². The van der Waals surface area contributed by atoms with Crippen LogP contribution in [0.4, 0.5) is 0 Å². The second-order valence-electron chi connectivity index (χ2n) is 4.00. The minimum atomic E-state index is -0.786. The highest BCUT2D eigenvalue weighted by atomic mass is 35.5. The van der Waals surface area contributed by atoms with Gasteiger partial charge in [-0.15, -0.1) is 0 Å². The molecular formula is C13H12ClN3O3. The summed E-state index contributed by atoms with van der Waals surface area (Å²) in [7, 11) is 1.20. The first-order chi connectivity index (χ1) is 9.56.